The van der Waals surface area contributed by atoms with Crippen molar-refractivity contribution in [2.45, 2.75) is 25.6 Å². The Hall–Kier alpha value is -0.690. The number of hydrogen-bond donors (Lipinski definition) is 1. The molecule has 104 valence electrons. The predicted molar refractivity (Wildman–Crippen MR) is 83.1 cm³/mol. The maximum absolute atomic E-state index is 6.15. The number of hydrogen-bond acceptors (Lipinski definition) is 4. The van der Waals surface area contributed by atoms with E-state index in [0.717, 1.165) is 16.6 Å². The van der Waals surface area contributed by atoms with Crippen molar-refractivity contribution in [2.24, 2.45) is 12.8 Å². The Labute approximate surface area is 126 Å². The van der Waals surface area contributed by atoms with Crippen LogP contribution in [0.5, 0.6) is 0 Å². The molecule has 0 aliphatic carbocycles. The molecule has 0 saturated carbocycles. The van der Waals surface area contributed by atoms with E-state index in [1.54, 1.807) is 11.3 Å². The summed E-state index contributed by atoms with van der Waals surface area (Å²) in [5, 5.41) is 6.35. The van der Waals surface area contributed by atoms with Crippen molar-refractivity contribution in [1.29, 1.82) is 0 Å². The summed E-state index contributed by atoms with van der Waals surface area (Å²) in [7, 11) is 4.03. The first-order valence-electron chi connectivity index (χ1n) is 6.14. The van der Waals surface area contributed by atoms with Crippen molar-refractivity contribution in [1.82, 2.24) is 14.7 Å². The molecule has 2 aromatic rings. The van der Waals surface area contributed by atoms with E-state index in [9.17, 15) is 0 Å². The molecule has 4 nitrogen and oxygen atoms in total. The summed E-state index contributed by atoms with van der Waals surface area (Å²) in [5.74, 6) is 0. The molecule has 0 bridgehead atoms. The van der Waals surface area contributed by atoms with Crippen molar-refractivity contribution in [2.75, 3.05) is 7.05 Å². The average molecular weight is 343 g/mol. The van der Waals surface area contributed by atoms with Gasteiger partial charge >= 0.3 is 0 Å². The molecular weight excluding hydrogens is 324 g/mol. The Morgan fingerprint density at radius 3 is 2.79 bits per heavy atom. The van der Waals surface area contributed by atoms with E-state index in [1.165, 1.54) is 4.88 Å². The van der Waals surface area contributed by atoms with Gasteiger partial charge in [-0.15, -0.1) is 11.3 Å². The zero-order valence-corrected chi connectivity index (χ0v) is 13.8. The van der Waals surface area contributed by atoms with Gasteiger partial charge in [-0.25, -0.2) is 0 Å². The van der Waals surface area contributed by atoms with Crippen LogP contribution in [0, 0.1) is 0 Å². The van der Waals surface area contributed by atoms with Crippen LogP contribution in [-0.2, 0) is 13.6 Å². The Bertz CT molecular complexity index is 534. The first-order valence-corrected chi connectivity index (χ1v) is 7.82. The van der Waals surface area contributed by atoms with Crippen molar-refractivity contribution in [3.63, 3.8) is 0 Å². The molecule has 0 aliphatic rings. The average Bonchev–Trinajstić information content (AvgIpc) is 2.88. The Morgan fingerprint density at radius 2 is 2.32 bits per heavy atom. The minimum atomic E-state index is 0.0533. The Morgan fingerprint density at radius 1 is 1.58 bits per heavy atom. The molecule has 2 atom stereocenters. The van der Waals surface area contributed by atoms with Crippen molar-refractivity contribution in [3.8, 4) is 0 Å². The quantitative estimate of drug-likeness (QED) is 0.908. The first kappa shape index (κ1) is 14.7. The molecule has 0 aromatic carbocycles. The molecule has 0 aliphatic heterocycles. The lowest BCUT2D eigenvalue weighted by molar-refractivity contribution is 0.212. The lowest BCUT2D eigenvalue weighted by Crippen LogP contribution is -2.36. The third kappa shape index (κ3) is 3.66. The second-order valence-corrected chi connectivity index (χ2v) is 6.81. The van der Waals surface area contributed by atoms with Crippen LogP contribution < -0.4 is 5.73 Å². The molecule has 0 amide bonds. The van der Waals surface area contributed by atoms with Crippen LogP contribution in [0.1, 0.15) is 23.4 Å². The molecule has 0 spiro atoms. The second kappa shape index (κ2) is 6.17. The minimum Gasteiger partial charge on any atom is -0.326 e. The van der Waals surface area contributed by atoms with Gasteiger partial charge in [-0.05, 0) is 36.0 Å². The molecule has 0 saturated heterocycles. The van der Waals surface area contributed by atoms with Crippen LogP contribution >= 0.6 is 27.3 Å². The summed E-state index contributed by atoms with van der Waals surface area (Å²) in [6.45, 7) is 2.93. The summed E-state index contributed by atoms with van der Waals surface area (Å²) in [6, 6.07) is 2.38. The van der Waals surface area contributed by atoms with Crippen LogP contribution in [0.25, 0.3) is 0 Å². The van der Waals surface area contributed by atoms with Gasteiger partial charge in [-0.1, -0.05) is 0 Å². The van der Waals surface area contributed by atoms with E-state index in [4.69, 9.17) is 5.73 Å². The number of halogens is 1. The molecule has 2 N–H and O–H groups in total. The van der Waals surface area contributed by atoms with Gasteiger partial charge in [0.2, 0.25) is 0 Å². The largest absolute Gasteiger partial charge is 0.326 e. The van der Waals surface area contributed by atoms with E-state index in [2.05, 4.69) is 44.4 Å². The lowest BCUT2D eigenvalue weighted by atomic mass is 10.0. The molecule has 0 fully saturated rings. The number of aromatic nitrogens is 2. The number of aryl methyl sites for hydroxylation is 1. The van der Waals surface area contributed by atoms with Crippen LogP contribution in [0.2, 0.25) is 0 Å². The zero-order chi connectivity index (χ0) is 14.0. The third-order valence-electron chi connectivity index (χ3n) is 3.07. The van der Waals surface area contributed by atoms with Gasteiger partial charge in [0, 0.05) is 46.1 Å². The first-order chi connectivity index (χ1) is 8.97. The number of nitrogens with zero attached hydrogens (tertiary/aromatic N) is 3. The van der Waals surface area contributed by atoms with Gasteiger partial charge in [0.1, 0.15) is 0 Å². The fraction of sp³-hybridized carbons (Fsp3) is 0.462. The van der Waals surface area contributed by atoms with Crippen LogP contribution in [-0.4, -0.2) is 27.8 Å². The predicted octanol–water partition coefficient (Wildman–Crippen LogP) is 2.76. The Balaban J connectivity index is 2.15. The van der Waals surface area contributed by atoms with Gasteiger partial charge in [0.15, 0.2) is 0 Å². The smallest absolute Gasteiger partial charge is 0.0538 e. The molecule has 6 heteroatoms. The maximum Gasteiger partial charge on any atom is 0.0538 e. The molecule has 2 heterocycles. The standard InChI is InChI=1S/C13H19BrN4S/c1-9(15)13(10-5-16-18(3)6-10)17(2)7-12-4-11(14)8-19-12/h4-6,8-9,13H,7,15H2,1-3H3. The van der Waals surface area contributed by atoms with Crippen LogP contribution in [0.3, 0.4) is 0 Å². The molecule has 0 radical (unpaired) electrons. The van der Waals surface area contributed by atoms with E-state index in [1.807, 2.05) is 31.0 Å². The van der Waals surface area contributed by atoms with Gasteiger partial charge in [-0.2, -0.15) is 5.10 Å². The second-order valence-electron chi connectivity index (χ2n) is 4.90. The number of rotatable bonds is 5. The highest BCUT2D eigenvalue weighted by molar-refractivity contribution is 9.10. The van der Waals surface area contributed by atoms with Crippen molar-refractivity contribution >= 4 is 27.3 Å². The summed E-state index contributed by atoms with van der Waals surface area (Å²) < 4.78 is 2.96. The maximum atomic E-state index is 6.15. The fourth-order valence-corrected chi connectivity index (χ4v) is 3.85. The molecule has 2 aromatic heterocycles. The highest BCUT2D eigenvalue weighted by Gasteiger charge is 2.23. The molecule has 2 unspecified atom stereocenters. The van der Waals surface area contributed by atoms with Crippen molar-refractivity contribution in [3.05, 3.63) is 38.8 Å². The zero-order valence-electron chi connectivity index (χ0n) is 11.4. The van der Waals surface area contributed by atoms with E-state index in [0.29, 0.717) is 0 Å². The summed E-state index contributed by atoms with van der Waals surface area (Å²) in [6.07, 6.45) is 3.93. The van der Waals surface area contributed by atoms with Crippen LogP contribution in [0.15, 0.2) is 28.3 Å². The van der Waals surface area contributed by atoms with Crippen molar-refractivity contribution < 1.29 is 0 Å². The molecule has 2 rings (SSSR count). The highest BCUT2D eigenvalue weighted by atomic mass is 79.9. The number of thiophene rings is 1. The normalized spacial score (nSPS) is 14.8. The van der Waals surface area contributed by atoms with E-state index in [-0.39, 0.29) is 12.1 Å². The minimum absolute atomic E-state index is 0.0533. The third-order valence-corrected chi connectivity index (χ3v) is 4.75. The Kier molecular flexibility index (Phi) is 4.78. The van der Waals surface area contributed by atoms with Gasteiger partial charge in [0.25, 0.3) is 0 Å². The topological polar surface area (TPSA) is 47.1 Å². The monoisotopic (exact) mass is 342 g/mol. The van der Waals surface area contributed by atoms with E-state index >= 15 is 0 Å². The molecular formula is C13H19BrN4S. The summed E-state index contributed by atoms with van der Waals surface area (Å²) in [5.41, 5.74) is 7.32. The fourth-order valence-electron chi connectivity index (χ4n) is 2.33. The molecule has 19 heavy (non-hydrogen) atoms. The lowest BCUT2D eigenvalue weighted by Gasteiger charge is -2.30. The number of likely N-dealkylation sites (N-methyl/N-ethyl adjacent to an activating group) is 1. The summed E-state index contributed by atoms with van der Waals surface area (Å²) in [4.78, 5) is 3.60. The van der Waals surface area contributed by atoms with Crippen LogP contribution in [0.4, 0.5) is 0 Å². The van der Waals surface area contributed by atoms with Gasteiger partial charge in [0.05, 0.1) is 12.2 Å². The number of nitrogens with two attached hydrogens (primary N) is 1. The van der Waals surface area contributed by atoms with Gasteiger partial charge < -0.3 is 5.73 Å². The summed E-state index contributed by atoms with van der Waals surface area (Å²) >= 11 is 5.25. The SMILES string of the molecule is CC(N)C(c1cnn(C)c1)N(C)Cc1cc(Br)cs1. The van der Waals surface area contributed by atoms with E-state index < -0.39 is 0 Å². The highest BCUT2D eigenvalue weighted by Crippen LogP contribution is 2.26. The van der Waals surface area contributed by atoms with Gasteiger partial charge in [-0.3, -0.25) is 9.58 Å².